The van der Waals surface area contributed by atoms with Crippen LogP contribution in [0.15, 0.2) is 42.5 Å². The number of allylic oxidation sites excluding steroid dienone is 1. The number of aldehydes is 1. The predicted octanol–water partition coefficient (Wildman–Crippen LogP) is 5.55. The molecule has 2 aromatic carbocycles. The first-order valence-corrected chi connectivity index (χ1v) is 8.86. The van der Waals surface area contributed by atoms with Crippen LogP contribution in [0.4, 0.5) is 11.4 Å². The number of hydrogen-bond donors (Lipinski definition) is 1. The van der Waals surface area contributed by atoms with Crippen LogP contribution in [0, 0.1) is 13.8 Å². The number of unbranched alkanes of at least 4 members (excludes halogenated alkanes) is 2. The molecule has 0 saturated heterocycles. The number of benzene rings is 2. The second kappa shape index (κ2) is 9.07. The fourth-order valence-corrected chi connectivity index (χ4v) is 3.21. The molecule has 0 fully saturated rings. The molecule has 25 heavy (non-hydrogen) atoms. The minimum absolute atomic E-state index is 0.277. The molecule has 0 aliphatic carbocycles. The molecule has 0 heterocycles. The van der Waals surface area contributed by atoms with Crippen molar-refractivity contribution in [2.24, 2.45) is 0 Å². The summed E-state index contributed by atoms with van der Waals surface area (Å²) in [5.74, 6) is 0.277. The Kier molecular flexibility index (Phi) is 6.81. The zero-order chi connectivity index (χ0) is 18.2. The minimum Gasteiger partial charge on any atom is -0.508 e. The summed E-state index contributed by atoms with van der Waals surface area (Å²) in [5.41, 5.74) is 5.51. The summed E-state index contributed by atoms with van der Waals surface area (Å²) in [6.45, 7) is 7.29. The van der Waals surface area contributed by atoms with Gasteiger partial charge in [-0.1, -0.05) is 31.9 Å². The van der Waals surface area contributed by atoms with E-state index >= 15 is 0 Å². The summed E-state index contributed by atoms with van der Waals surface area (Å²) in [6, 6.07) is 11.6. The zero-order valence-corrected chi connectivity index (χ0v) is 15.3. The third kappa shape index (κ3) is 4.96. The van der Waals surface area contributed by atoms with Gasteiger partial charge in [0.05, 0.1) is 0 Å². The Hall–Kier alpha value is -2.55. The molecule has 3 heteroatoms. The quantitative estimate of drug-likeness (QED) is 0.390. The molecule has 0 radical (unpaired) electrons. The number of phenols is 1. The van der Waals surface area contributed by atoms with E-state index in [9.17, 15) is 9.90 Å². The molecule has 3 nitrogen and oxygen atoms in total. The van der Waals surface area contributed by atoms with Gasteiger partial charge in [-0.05, 0) is 67.3 Å². The van der Waals surface area contributed by atoms with Gasteiger partial charge in [-0.25, -0.2) is 0 Å². The van der Waals surface area contributed by atoms with E-state index in [0.29, 0.717) is 0 Å². The third-order valence-corrected chi connectivity index (χ3v) is 4.28. The van der Waals surface area contributed by atoms with Crippen LogP contribution >= 0.6 is 0 Å². The maximum absolute atomic E-state index is 10.6. The first-order valence-electron chi connectivity index (χ1n) is 8.86. The molecule has 0 bridgehead atoms. The second-order valence-corrected chi connectivity index (χ2v) is 6.38. The monoisotopic (exact) mass is 337 g/mol. The van der Waals surface area contributed by atoms with Crippen LogP contribution in [-0.2, 0) is 4.79 Å². The first-order chi connectivity index (χ1) is 12.1. The normalized spacial score (nSPS) is 11.0. The zero-order valence-electron chi connectivity index (χ0n) is 15.3. The van der Waals surface area contributed by atoms with E-state index in [2.05, 4.69) is 37.8 Å². The Morgan fingerprint density at radius 1 is 1.08 bits per heavy atom. The van der Waals surface area contributed by atoms with Crippen LogP contribution in [0.2, 0.25) is 0 Å². The molecule has 0 unspecified atom stereocenters. The summed E-state index contributed by atoms with van der Waals surface area (Å²) < 4.78 is 0. The number of phenolic OH excluding ortho intramolecular Hbond substituents is 1. The molecule has 0 amide bonds. The number of aromatic hydroxyl groups is 1. The molecule has 132 valence electrons. The summed E-state index contributed by atoms with van der Waals surface area (Å²) >= 11 is 0. The highest BCUT2D eigenvalue weighted by molar-refractivity contribution is 5.77. The van der Waals surface area contributed by atoms with Crippen LogP contribution in [-0.4, -0.2) is 17.9 Å². The van der Waals surface area contributed by atoms with E-state index < -0.39 is 0 Å². The molecule has 0 spiro atoms. The topological polar surface area (TPSA) is 40.5 Å². The molecular weight excluding hydrogens is 310 g/mol. The smallest absolute Gasteiger partial charge is 0.142 e. The van der Waals surface area contributed by atoms with Crippen LogP contribution in [0.3, 0.4) is 0 Å². The number of nitrogens with zero attached hydrogens (tertiary/aromatic N) is 1. The Bertz CT molecular complexity index is 726. The van der Waals surface area contributed by atoms with E-state index in [1.165, 1.54) is 24.6 Å². The Labute approximate surface area is 150 Å². The van der Waals surface area contributed by atoms with Crippen LogP contribution in [0.1, 0.15) is 42.9 Å². The lowest BCUT2D eigenvalue weighted by atomic mass is 10.0. The van der Waals surface area contributed by atoms with Gasteiger partial charge in [-0.3, -0.25) is 4.79 Å². The SMILES string of the molecule is CCCCCN(c1cccc(O)c1)c1c(C)cc(/C=C/C=O)cc1C. The largest absolute Gasteiger partial charge is 0.508 e. The van der Waals surface area contributed by atoms with Gasteiger partial charge in [-0.2, -0.15) is 0 Å². The lowest BCUT2D eigenvalue weighted by Gasteiger charge is -2.29. The minimum atomic E-state index is 0.277. The van der Waals surface area contributed by atoms with Crippen molar-refractivity contribution in [3.8, 4) is 5.75 Å². The summed E-state index contributed by atoms with van der Waals surface area (Å²) in [6.07, 6.45) is 7.57. The van der Waals surface area contributed by atoms with Gasteiger partial charge in [-0.15, -0.1) is 0 Å². The van der Waals surface area contributed by atoms with Gasteiger partial charge in [0.15, 0.2) is 0 Å². The van der Waals surface area contributed by atoms with Crippen molar-refractivity contribution in [2.45, 2.75) is 40.0 Å². The van der Waals surface area contributed by atoms with E-state index in [4.69, 9.17) is 0 Å². The van der Waals surface area contributed by atoms with Gasteiger partial charge in [0.1, 0.15) is 12.0 Å². The molecule has 0 atom stereocenters. The number of aryl methyl sites for hydroxylation is 2. The van der Waals surface area contributed by atoms with Crippen molar-refractivity contribution in [1.29, 1.82) is 0 Å². The van der Waals surface area contributed by atoms with Crippen molar-refractivity contribution in [2.75, 3.05) is 11.4 Å². The van der Waals surface area contributed by atoms with Crippen LogP contribution < -0.4 is 4.90 Å². The highest BCUT2D eigenvalue weighted by Crippen LogP contribution is 2.34. The van der Waals surface area contributed by atoms with Gasteiger partial charge < -0.3 is 10.0 Å². The lowest BCUT2D eigenvalue weighted by molar-refractivity contribution is -0.104. The Balaban J connectivity index is 2.46. The average molecular weight is 337 g/mol. The highest BCUT2D eigenvalue weighted by Gasteiger charge is 2.15. The van der Waals surface area contributed by atoms with E-state index in [-0.39, 0.29) is 5.75 Å². The summed E-state index contributed by atoms with van der Waals surface area (Å²) in [5, 5.41) is 9.89. The lowest BCUT2D eigenvalue weighted by Crippen LogP contribution is -2.20. The second-order valence-electron chi connectivity index (χ2n) is 6.38. The van der Waals surface area contributed by atoms with Gasteiger partial charge >= 0.3 is 0 Å². The van der Waals surface area contributed by atoms with Crippen LogP contribution in [0.5, 0.6) is 5.75 Å². The number of carbonyl (C=O) groups is 1. The molecule has 0 aliphatic rings. The molecular formula is C22H27NO2. The van der Waals surface area contributed by atoms with Crippen LogP contribution in [0.25, 0.3) is 6.08 Å². The molecule has 1 N–H and O–H groups in total. The van der Waals surface area contributed by atoms with Crippen molar-refractivity contribution < 1.29 is 9.90 Å². The molecule has 2 rings (SSSR count). The van der Waals surface area contributed by atoms with Crippen molar-refractivity contribution in [3.63, 3.8) is 0 Å². The first kappa shape index (κ1) is 18.8. The fourth-order valence-electron chi connectivity index (χ4n) is 3.21. The van der Waals surface area contributed by atoms with Gasteiger partial charge in [0.2, 0.25) is 0 Å². The molecule has 0 aliphatic heterocycles. The van der Waals surface area contributed by atoms with E-state index in [1.54, 1.807) is 6.07 Å². The number of hydrogen-bond acceptors (Lipinski definition) is 3. The molecule has 2 aromatic rings. The maximum atomic E-state index is 10.6. The van der Waals surface area contributed by atoms with Crippen molar-refractivity contribution >= 4 is 23.7 Å². The van der Waals surface area contributed by atoms with Gasteiger partial charge in [0.25, 0.3) is 0 Å². The number of rotatable bonds is 8. The predicted molar refractivity (Wildman–Crippen MR) is 106 cm³/mol. The Morgan fingerprint density at radius 3 is 2.40 bits per heavy atom. The van der Waals surface area contributed by atoms with E-state index in [1.807, 2.05) is 24.3 Å². The highest BCUT2D eigenvalue weighted by atomic mass is 16.3. The maximum Gasteiger partial charge on any atom is 0.142 e. The molecule has 0 saturated carbocycles. The average Bonchev–Trinajstić information content (AvgIpc) is 2.58. The standard InChI is InChI=1S/C22H27NO2/c1-4-5-6-12-23(20-10-7-11-21(25)16-20)22-17(2)14-19(9-8-13-24)15-18(22)3/h7-11,13-16,25H,4-6,12H2,1-3H3/b9-8+. The summed E-state index contributed by atoms with van der Waals surface area (Å²) in [7, 11) is 0. The molecule has 0 aromatic heterocycles. The third-order valence-electron chi connectivity index (χ3n) is 4.28. The van der Waals surface area contributed by atoms with E-state index in [0.717, 1.165) is 41.6 Å². The Morgan fingerprint density at radius 2 is 1.80 bits per heavy atom. The van der Waals surface area contributed by atoms with Crippen molar-refractivity contribution in [3.05, 3.63) is 59.2 Å². The summed E-state index contributed by atoms with van der Waals surface area (Å²) in [4.78, 5) is 12.9. The fraction of sp³-hybridized carbons (Fsp3) is 0.318. The van der Waals surface area contributed by atoms with Gasteiger partial charge in [0, 0.05) is 24.0 Å². The van der Waals surface area contributed by atoms with Crippen molar-refractivity contribution in [1.82, 2.24) is 0 Å². The number of anilines is 2. The number of carbonyl (C=O) groups excluding carboxylic acids is 1.